The molecule has 4 nitrogen and oxygen atoms in total. The van der Waals surface area contributed by atoms with E-state index in [1.54, 1.807) is 12.1 Å². The lowest BCUT2D eigenvalue weighted by Crippen LogP contribution is -2.48. The van der Waals surface area contributed by atoms with Crippen LogP contribution in [0.1, 0.15) is 33.4 Å². The largest absolute Gasteiger partial charge is 0.352 e. The molecule has 0 N–H and O–H groups in total. The molecule has 1 amide bonds. The van der Waals surface area contributed by atoms with Gasteiger partial charge in [0, 0.05) is 41.8 Å². The third-order valence-corrected chi connectivity index (χ3v) is 4.00. The first-order chi connectivity index (χ1) is 9.30. The quantitative estimate of drug-likeness (QED) is 0.782. The number of carbonyl (C=O) groups is 1. The van der Waals surface area contributed by atoms with E-state index in [0.717, 1.165) is 0 Å². The van der Waals surface area contributed by atoms with E-state index in [0.29, 0.717) is 16.3 Å². The summed E-state index contributed by atoms with van der Waals surface area (Å²) in [6.45, 7) is 7.18. The summed E-state index contributed by atoms with van der Waals surface area (Å²) in [7, 11) is 12.2. The minimum atomic E-state index is -1.51. The number of hydrogen-bond acceptors (Lipinski definition) is 3. The molecule has 0 bridgehead atoms. The van der Waals surface area contributed by atoms with Crippen molar-refractivity contribution in [3.63, 3.8) is 0 Å². The summed E-state index contributed by atoms with van der Waals surface area (Å²) in [5.41, 5.74) is 0.305. The highest BCUT2D eigenvalue weighted by atomic mass is 32.2. The zero-order valence-corrected chi connectivity index (χ0v) is 13.5. The third kappa shape index (κ3) is 4.47. The molecule has 0 spiro atoms. The fourth-order valence-electron chi connectivity index (χ4n) is 1.37. The molecule has 1 aromatic heterocycles. The first kappa shape index (κ1) is 18.9. The first-order valence-electron chi connectivity index (χ1n) is 6.47. The number of hydrogen-bond donors (Lipinski definition) is 0. The standard InChI is InChI=1S/C11H14B2N2O2S.C2H6/c1-4-18(17)9-5-6-14-10(7-9)11(12,13)15(3)8(2)16;1-2/h5-7H,4H2,1-3H3;1-2H3. The summed E-state index contributed by atoms with van der Waals surface area (Å²) in [6, 6.07) is 3.21. The molecule has 1 unspecified atom stereocenters. The zero-order chi connectivity index (χ0) is 15.9. The Morgan fingerprint density at radius 3 is 2.45 bits per heavy atom. The number of amides is 1. The molecule has 1 aromatic rings. The lowest BCUT2D eigenvalue weighted by Gasteiger charge is -2.36. The maximum absolute atomic E-state index is 11.7. The Balaban J connectivity index is 0.00000172. The van der Waals surface area contributed by atoms with Crippen LogP contribution < -0.4 is 0 Å². The van der Waals surface area contributed by atoms with Gasteiger partial charge in [-0.15, -0.1) is 0 Å². The van der Waals surface area contributed by atoms with Gasteiger partial charge in [-0.05, 0) is 12.1 Å². The van der Waals surface area contributed by atoms with Crippen LogP contribution in [0.4, 0.5) is 0 Å². The predicted octanol–water partition coefficient (Wildman–Crippen LogP) is 1.16. The molecular formula is C13H20B2N2O2S. The van der Waals surface area contributed by atoms with Gasteiger partial charge in [-0.1, -0.05) is 20.8 Å². The topological polar surface area (TPSA) is 50.3 Å². The Morgan fingerprint density at radius 1 is 1.45 bits per heavy atom. The molecule has 0 aromatic carbocycles. The summed E-state index contributed by atoms with van der Waals surface area (Å²) in [5.74, 6) is 0.220. The molecule has 20 heavy (non-hydrogen) atoms. The lowest BCUT2D eigenvalue weighted by molar-refractivity contribution is -0.129. The van der Waals surface area contributed by atoms with E-state index in [1.807, 2.05) is 20.8 Å². The maximum atomic E-state index is 11.7. The zero-order valence-electron chi connectivity index (χ0n) is 12.7. The van der Waals surface area contributed by atoms with Crippen LogP contribution in [0, 0.1) is 0 Å². The third-order valence-electron chi connectivity index (χ3n) is 2.69. The van der Waals surface area contributed by atoms with E-state index in [4.69, 9.17) is 15.7 Å². The number of pyridine rings is 1. The average Bonchev–Trinajstić information content (AvgIpc) is 2.47. The van der Waals surface area contributed by atoms with Crippen LogP contribution in [0.2, 0.25) is 0 Å². The number of rotatable bonds is 4. The number of nitrogens with zero attached hydrogens (tertiary/aromatic N) is 2. The molecule has 0 saturated carbocycles. The monoisotopic (exact) mass is 290 g/mol. The van der Waals surface area contributed by atoms with Crippen molar-refractivity contribution in [2.45, 2.75) is 37.9 Å². The second-order valence-corrected chi connectivity index (χ2v) is 5.65. The van der Waals surface area contributed by atoms with E-state index in [2.05, 4.69) is 4.98 Å². The van der Waals surface area contributed by atoms with Gasteiger partial charge in [0.2, 0.25) is 5.91 Å². The van der Waals surface area contributed by atoms with Crippen LogP contribution in [-0.4, -0.2) is 48.5 Å². The van der Waals surface area contributed by atoms with Gasteiger partial charge >= 0.3 is 0 Å². The Bertz CT molecular complexity index is 481. The Labute approximate surface area is 126 Å². The fraction of sp³-hybridized carbons (Fsp3) is 0.538. The van der Waals surface area contributed by atoms with Crippen LogP contribution in [-0.2, 0) is 20.9 Å². The molecule has 106 valence electrons. The minimum Gasteiger partial charge on any atom is -0.352 e. The van der Waals surface area contributed by atoms with E-state index in [-0.39, 0.29) is 5.91 Å². The normalized spacial score (nSPS) is 12.1. The molecule has 1 rings (SSSR count). The fourth-order valence-corrected chi connectivity index (χ4v) is 2.16. The maximum Gasteiger partial charge on any atom is 0.218 e. The van der Waals surface area contributed by atoms with Crippen molar-refractivity contribution < 1.29 is 9.00 Å². The summed E-state index contributed by atoms with van der Waals surface area (Å²) < 4.78 is 11.7. The van der Waals surface area contributed by atoms with Crippen LogP contribution >= 0.6 is 0 Å². The summed E-state index contributed by atoms with van der Waals surface area (Å²) in [6.07, 6.45) is 1.49. The van der Waals surface area contributed by atoms with Gasteiger partial charge in [-0.3, -0.25) is 14.0 Å². The average molecular weight is 290 g/mol. The predicted molar refractivity (Wildman–Crippen MR) is 84.2 cm³/mol. The summed E-state index contributed by atoms with van der Waals surface area (Å²) in [5, 5.41) is -1.51. The molecular weight excluding hydrogens is 270 g/mol. The Kier molecular flexibility index (Phi) is 7.79. The van der Waals surface area contributed by atoms with E-state index >= 15 is 0 Å². The molecule has 1 heterocycles. The van der Waals surface area contributed by atoms with Crippen LogP contribution in [0.5, 0.6) is 0 Å². The van der Waals surface area contributed by atoms with Gasteiger partial charge in [0.15, 0.2) is 0 Å². The SMILES string of the molecule is CC.[B]C([B])(c1cc(S(=O)CC)ccn1)N(C)C(C)=O. The number of aromatic nitrogens is 1. The second-order valence-electron chi connectivity index (χ2n) is 3.91. The van der Waals surface area contributed by atoms with Crippen molar-refractivity contribution >= 4 is 32.4 Å². The highest BCUT2D eigenvalue weighted by Crippen LogP contribution is 2.20. The number of carbonyl (C=O) groups excluding carboxylic acids is 1. The Morgan fingerprint density at radius 2 is 2.00 bits per heavy atom. The molecule has 4 radical (unpaired) electrons. The van der Waals surface area contributed by atoms with Crippen molar-refractivity contribution in [1.29, 1.82) is 0 Å². The van der Waals surface area contributed by atoms with Crippen molar-refractivity contribution in [2.24, 2.45) is 0 Å². The van der Waals surface area contributed by atoms with E-state index in [1.165, 1.54) is 25.1 Å². The highest BCUT2D eigenvalue weighted by molar-refractivity contribution is 7.85. The molecule has 7 heteroatoms. The van der Waals surface area contributed by atoms with Crippen LogP contribution in [0.15, 0.2) is 23.2 Å². The molecule has 1 atom stereocenters. The Hall–Kier alpha value is -1.10. The smallest absolute Gasteiger partial charge is 0.218 e. The van der Waals surface area contributed by atoms with E-state index < -0.39 is 16.1 Å². The van der Waals surface area contributed by atoms with Gasteiger partial charge in [-0.2, -0.15) is 0 Å². The molecule has 0 aliphatic heterocycles. The lowest BCUT2D eigenvalue weighted by atomic mass is 9.58. The van der Waals surface area contributed by atoms with Crippen molar-refractivity contribution in [2.75, 3.05) is 12.8 Å². The van der Waals surface area contributed by atoms with Crippen molar-refractivity contribution in [1.82, 2.24) is 9.88 Å². The second kappa shape index (κ2) is 8.25. The summed E-state index contributed by atoms with van der Waals surface area (Å²) >= 11 is 0. The van der Waals surface area contributed by atoms with Gasteiger partial charge < -0.3 is 4.90 Å². The van der Waals surface area contributed by atoms with Crippen LogP contribution in [0.3, 0.4) is 0 Å². The molecule has 0 aliphatic rings. The van der Waals surface area contributed by atoms with Gasteiger partial charge in [0.1, 0.15) is 0 Å². The van der Waals surface area contributed by atoms with Crippen LogP contribution in [0.25, 0.3) is 0 Å². The molecule has 0 saturated heterocycles. The molecule has 0 aliphatic carbocycles. The highest BCUT2D eigenvalue weighted by Gasteiger charge is 2.28. The van der Waals surface area contributed by atoms with Gasteiger partial charge in [-0.25, -0.2) is 0 Å². The first-order valence-corrected chi connectivity index (χ1v) is 7.79. The van der Waals surface area contributed by atoms with Gasteiger partial charge in [0.25, 0.3) is 0 Å². The van der Waals surface area contributed by atoms with Gasteiger partial charge in [0.05, 0.1) is 26.5 Å². The van der Waals surface area contributed by atoms with Crippen molar-refractivity contribution in [3.8, 4) is 0 Å². The molecule has 0 fully saturated rings. The van der Waals surface area contributed by atoms with E-state index in [9.17, 15) is 9.00 Å². The summed E-state index contributed by atoms with van der Waals surface area (Å²) in [4.78, 5) is 17.2. The minimum absolute atomic E-state index is 0.274. The van der Waals surface area contributed by atoms with Crippen molar-refractivity contribution in [3.05, 3.63) is 24.0 Å².